The molecule has 0 radical (unpaired) electrons. The first kappa shape index (κ1) is 30.5. The Morgan fingerprint density at radius 1 is 0.738 bits per heavy atom. The number of pyridine rings is 1. The van der Waals surface area contributed by atoms with Gasteiger partial charge in [0.15, 0.2) is 0 Å². The van der Waals surface area contributed by atoms with Gasteiger partial charge in [0.1, 0.15) is 18.0 Å². The number of nitrogens with zero attached hydrogens (tertiary/aromatic N) is 3. The monoisotopic (exact) mass is 609 g/mol. The minimum Gasteiger partial charge on any atom is -0.492 e. The maximum Gasteiger partial charge on any atom is 0.414 e. The summed E-state index contributed by atoms with van der Waals surface area (Å²) in [5.74, 6) is 0.197. The summed E-state index contributed by atoms with van der Waals surface area (Å²) in [4.78, 5) is 17.9. The average Bonchev–Trinajstić information content (AvgIpc) is 2.96. The van der Waals surface area contributed by atoms with Crippen LogP contribution in [0.1, 0.15) is 20.8 Å². The molecule has 0 aliphatic rings. The number of ether oxygens (including phenoxy) is 2. The Morgan fingerprint density at radius 2 is 1.29 bits per heavy atom. The molecule has 0 aliphatic carbocycles. The van der Waals surface area contributed by atoms with Gasteiger partial charge in [-0.05, 0) is 69.3 Å². The van der Waals surface area contributed by atoms with Crippen molar-refractivity contribution < 1.29 is 31.1 Å². The highest BCUT2D eigenvalue weighted by Crippen LogP contribution is 2.33. The number of sulfonamides is 2. The Labute approximate surface area is 246 Å². The molecule has 0 spiro atoms. The van der Waals surface area contributed by atoms with E-state index in [4.69, 9.17) is 9.47 Å². The molecule has 1 amide bonds. The lowest BCUT2D eigenvalue weighted by Gasteiger charge is -2.27. The summed E-state index contributed by atoms with van der Waals surface area (Å²) in [5, 5.41) is 0. The van der Waals surface area contributed by atoms with Crippen LogP contribution in [0.5, 0.6) is 5.75 Å². The standard InChI is InChI=1S/C30H31N3O7S2/c1-30(2,3)40-29(34)32(24-17-19-31-20-18-24)21-22-39-26-12-10-11-25(23-26)33(41(35,36)27-13-6-4-7-14-27)42(37,38)28-15-8-5-9-16-28/h4-20,23H,21-22H2,1-3H3. The molecule has 0 fully saturated rings. The van der Waals surface area contributed by atoms with Crippen molar-refractivity contribution in [2.75, 3.05) is 21.8 Å². The summed E-state index contributed by atoms with van der Waals surface area (Å²) >= 11 is 0. The SMILES string of the molecule is CC(C)(C)OC(=O)N(CCOc1cccc(N(S(=O)(=O)c2ccccc2)S(=O)(=O)c2ccccc2)c1)c1ccncc1. The molecular formula is C30H31N3O7S2. The number of hydrogen-bond acceptors (Lipinski definition) is 8. The van der Waals surface area contributed by atoms with Crippen molar-refractivity contribution >= 4 is 37.5 Å². The number of benzene rings is 3. The third-order valence-corrected chi connectivity index (χ3v) is 9.93. The first-order chi connectivity index (χ1) is 19.9. The van der Waals surface area contributed by atoms with Crippen molar-refractivity contribution in [2.24, 2.45) is 0 Å². The molecule has 0 aliphatic heterocycles. The van der Waals surface area contributed by atoms with Crippen molar-refractivity contribution in [1.82, 2.24) is 4.98 Å². The van der Waals surface area contributed by atoms with Crippen molar-refractivity contribution in [3.8, 4) is 5.75 Å². The zero-order chi connectivity index (χ0) is 30.4. The number of hydrogen-bond donors (Lipinski definition) is 0. The lowest BCUT2D eigenvalue weighted by molar-refractivity contribution is 0.0575. The normalized spacial score (nSPS) is 11.9. The highest BCUT2D eigenvalue weighted by molar-refractivity contribution is 8.10. The van der Waals surface area contributed by atoms with Gasteiger partial charge in [-0.15, -0.1) is 0 Å². The molecule has 12 heteroatoms. The molecule has 0 bridgehead atoms. The van der Waals surface area contributed by atoms with Crippen molar-refractivity contribution in [3.05, 3.63) is 109 Å². The fraction of sp³-hybridized carbons (Fsp3) is 0.200. The Morgan fingerprint density at radius 3 is 1.81 bits per heavy atom. The minimum atomic E-state index is -4.56. The third kappa shape index (κ3) is 7.25. The van der Waals surface area contributed by atoms with Gasteiger partial charge in [0, 0.05) is 18.5 Å². The van der Waals surface area contributed by atoms with Crippen LogP contribution in [0.15, 0.2) is 119 Å². The molecule has 10 nitrogen and oxygen atoms in total. The van der Waals surface area contributed by atoms with E-state index < -0.39 is 31.7 Å². The molecule has 0 saturated carbocycles. The van der Waals surface area contributed by atoms with E-state index in [2.05, 4.69) is 4.98 Å². The van der Waals surface area contributed by atoms with Crippen LogP contribution in [0.4, 0.5) is 16.2 Å². The molecule has 0 saturated heterocycles. The molecule has 0 atom stereocenters. The van der Waals surface area contributed by atoms with Crippen molar-refractivity contribution in [3.63, 3.8) is 0 Å². The fourth-order valence-electron chi connectivity index (χ4n) is 3.89. The maximum atomic E-state index is 13.8. The zero-order valence-corrected chi connectivity index (χ0v) is 25.0. The molecule has 4 aromatic rings. The second-order valence-electron chi connectivity index (χ2n) is 10.0. The van der Waals surface area contributed by atoms with Crippen LogP contribution >= 0.6 is 0 Å². The van der Waals surface area contributed by atoms with Gasteiger partial charge in [-0.25, -0.2) is 21.6 Å². The Hall–Kier alpha value is -4.42. The molecule has 1 aromatic heterocycles. The van der Waals surface area contributed by atoms with Crippen LogP contribution < -0.4 is 13.3 Å². The fourth-order valence-corrected chi connectivity index (χ4v) is 7.61. The van der Waals surface area contributed by atoms with Gasteiger partial charge in [-0.1, -0.05) is 42.5 Å². The van der Waals surface area contributed by atoms with Crippen LogP contribution in [0, 0.1) is 0 Å². The van der Waals surface area contributed by atoms with Gasteiger partial charge in [-0.3, -0.25) is 9.88 Å². The third-order valence-electron chi connectivity index (χ3n) is 5.72. The smallest absolute Gasteiger partial charge is 0.414 e. The molecule has 3 aromatic carbocycles. The van der Waals surface area contributed by atoms with Gasteiger partial charge in [0.05, 0.1) is 27.7 Å². The minimum absolute atomic E-state index is 0.0120. The predicted molar refractivity (Wildman–Crippen MR) is 159 cm³/mol. The van der Waals surface area contributed by atoms with E-state index in [9.17, 15) is 21.6 Å². The molecule has 0 N–H and O–H groups in total. The second-order valence-corrected chi connectivity index (χ2v) is 13.8. The van der Waals surface area contributed by atoms with Gasteiger partial charge >= 0.3 is 6.09 Å². The topological polar surface area (TPSA) is 123 Å². The van der Waals surface area contributed by atoms with Crippen LogP contribution in [0.3, 0.4) is 0 Å². The molecule has 42 heavy (non-hydrogen) atoms. The highest BCUT2D eigenvalue weighted by Gasteiger charge is 2.37. The van der Waals surface area contributed by atoms with Crippen molar-refractivity contribution in [2.45, 2.75) is 36.2 Å². The van der Waals surface area contributed by atoms with Gasteiger partial charge in [-0.2, -0.15) is 3.71 Å². The van der Waals surface area contributed by atoms with E-state index in [1.165, 1.54) is 71.6 Å². The summed E-state index contributed by atoms with van der Waals surface area (Å²) in [5.41, 5.74) is -0.320. The lowest BCUT2D eigenvalue weighted by Crippen LogP contribution is -2.39. The van der Waals surface area contributed by atoms with E-state index in [0.717, 1.165) is 0 Å². The van der Waals surface area contributed by atoms with Crippen LogP contribution in [-0.2, 0) is 24.8 Å². The number of carbonyl (C=O) groups is 1. The van der Waals surface area contributed by atoms with E-state index >= 15 is 0 Å². The Bertz CT molecular complexity index is 1640. The summed E-state index contributed by atoms with van der Waals surface area (Å²) in [6, 6.07) is 23.7. The van der Waals surface area contributed by atoms with E-state index in [1.807, 2.05) is 0 Å². The molecule has 1 heterocycles. The molecule has 220 valence electrons. The second kappa shape index (κ2) is 12.6. The summed E-state index contributed by atoms with van der Waals surface area (Å²) in [6.45, 7) is 5.35. The number of anilines is 2. The predicted octanol–water partition coefficient (Wildman–Crippen LogP) is 5.49. The van der Waals surface area contributed by atoms with Gasteiger partial charge < -0.3 is 9.47 Å². The van der Waals surface area contributed by atoms with E-state index in [-0.39, 0.29) is 34.4 Å². The number of amides is 1. The number of rotatable bonds is 10. The Kier molecular flexibility index (Phi) is 9.17. The maximum absolute atomic E-state index is 13.8. The number of carbonyl (C=O) groups excluding carboxylic acids is 1. The van der Waals surface area contributed by atoms with Crippen molar-refractivity contribution in [1.29, 1.82) is 0 Å². The van der Waals surface area contributed by atoms with Crippen LogP contribution in [-0.4, -0.2) is 46.7 Å². The van der Waals surface area contributed by atoms with Crippen LogP contribution in [0.2, 0.25) is 0 Å². The summed E-state index contributed by atoms with van der Waals surface area (Å²) in [6.07, 6.45) is 2.51. The van der Waals surface area contributed by atoms with E-state index in [0.29, 0.717) is 9.40 Å². The first-order valence-electron chi connectivity index (χ1n) is 12.9. The Balaban J connectivity index is 1.64. The molecule has 4 rings (SSSR count). The lowest BCUT2D eigenvalue weighted by atomic mass is 10.2. The zero-order valence-electron chi connectivity index (χ0n) is 23.3. The quantitative estimate of drug-likeness (QED) is 0.231. The van der Waals surface area contributed by atoms with Crippen LogP contribution in [0.25, 0.3) is 0 Å². The summed E-state index contributed by atoms with van der Waals surface area (Å²) < 4.78 is 66.9. The largest absolute Gasteiger partial charge is 0.492 e. The number of aromatic nitrogens is 1. The molecular weight excluding hydrogens is 578 g/mol. The highest BCUT2D eigenvalue weighted by atomic mass is 32.3. The van der Waals surface area contributed by atoms with E-state index in [1.54, 1.807) is 63.5 Å². The molecule has 0 unspecified atom stereocenters. The van der Waals surface area contributed by atoms with Gasteiger partial charge in [0.25, 0.3) is 20.0 Å². The van der Waals surface area contributed by atoms with Gasteiger partial charge in [0.2, 0.25) is 0 Å². The first-order valence-corrected chi connectivity index (χ1v) is 15.8. The average molecular weight is 610 g/mol. The summed E-state index contributed by atoms with van der Waals surface area (Å²) in [7, 11) is -9.12.